The third-order valence-electron chi connectivity index (χ3n) is 3.39. The van der Waals surface area contributed by atoms with Gasteiger partial charge < -0.3 is 9.84 Å². The number of aromatic hydroxyl groups is 1. The summed E-state index contributed by atoms with van der Waals surface area (Å²) in [4.78, 5) is 0. The summed E-state index contributed by atoms with van der Waals surface area (Å²) >= 11 is 0. The molecule has 0 saturated carbocycles. The first kappa shape index (κ1) is 13.0. The molecule has 2 nitrogen and oxygen atoms in total. The third kappa shape index (κ3) is 2.87. The Morgan fingerprint density at radius 3 is 2.78 bits per heavy atom. The Kier molecular flexibility index (Phi) is 3.95. The van der Waals surface area contributed by atoms with E-state index in [1.165, 1.54) is 5.57 Å². The van der Waals surface area contributed by atoms with E-state index in [4.69, 9.17) is 4.74 Å². The number of hydrogen-bond acceptors (Lipinski definition) is 2. The van der Waals surface area contributed by atoms with Crippen molar-refractivity contribution < 1.29 is 9.84 Å². The van der Waals surface area contributed by atoms with Crippen LogP contribution in [0.15, 0.2) is 29.8 Å². The van der Waals surface area contributed by atoms with Crippen molar-refractivity contribution in [1.29, 1.82) is 0 Å². The quantitative estimate of drug-likeness (QED) is 0.801. The maximum absolute atomic E-state index is 10.1. The zero-order chi connectivity index (χ0) is 13.1. The average Bonchev–Trinajstić information content (AvgIpc) is 2.28. The van der Waals surface area contributed by atoms with E-state index in [1.807, 2.05) is 26.0 Å². The van der Waals surface area contributed by atoms with Crippen LogP contribution in [-0.4, -0.2) is 11.2 Å². The van der Waals surface area contributed by atoms with Gasteiger partial charge >= 0.3 is 0 Å². The number of phenols is 1. The molecule has 0 heterocycles. The first-order chi connectivity index (χ1) is 8.58. The van der Waals surface area contributed by atoms with Gasteiger partial charge in [-0.25, -0.2) is 0 Å². The van der Waals surface area contributed by atoms with E-state index >= 15 is 0 Å². The molecule has 0 fully saturated rings. The molecule has 0 aliphatic heterocycles. The van der Waals surface area contributed by atoms with Gasteiger partial charge in [0.2, 0.25) is 0 Å². The van der Waals surface area contributed by atoms with Crippen molar-refractivity contribution in [3.8, 4) is 11.5 Å². The topological polar surface area (TPSA) is 29.5 Å². The van der Waals surface area contributed by atoms with Gasteiger partial charge in [0.1, 0.15) is 11.5 Å². The summed E-state index contributed by atoms with van der Waals surface area (Å²) in [6.07, 6.45) is 5.62. The van der Waals surface area contributed by atoms with Crippen LogP contribution in [0.1, 0.15) is 51.5 Å². The molecular formula is C16H22O2. The molecule has 1 aromatic carbocycles. The molecule has 1 N–H and O–H groups in total. The molecule has 1 aromatic rings. The fourth-order valence-corrected chi connectivity index (χ4v) is 2.65. The molecule has 1 aliphatic carbocycles. The lowest BCUT2D eigenvalue weighted by molar-refractivity contribution is 0.236. The molecule has 2 rings (SSSR count). The van der Waals surface area contributed by atoms with Crippen LogP contribution in [0.4, 0.5) is 0 Å². The van der Waals surface area contributed by atoms with Gasteiger partial charge in [-0.15, -0.1) is 0 Å². The molecule has 0 saturated heterocycles. The average molecular weight is 246 g/mol. The minimum Gasteiger partial charge on any atom is -0.508 e. The Morgan fingerprint density at radius 1 is 1.33 bits per heavy atom. The largest absolute Gasteiger partial charge is 0.508 e. The maximum Gasteiger partial charge on any atom is 0.126 e. The van der Waals surface area contributed by atoms with E-state index in [9.17, 15) is 5.11 Å². The Labute approximate surface area is 109 Å². The predicted molar refractivity (Wildman–Crippen MR) is 74.2 cm³/mol. The van der Waals surface area contributed by atoms with Crippen molar-refractivity contribution in [2.24, 2.45) is 0 Å². The molecule has 0 amide bonds. The zero-order valence-electron chi connectivity index (χ0n) is 11.4. The van der Waals surface area contributed by atoms with Crippen LogP contribution in [0.25, 0.3) is 0 Å². The third-order valence-corrected chi connectivity index (χ3v) is 3.39. The molecule has 0 spiro atoms. The highest BCUT2D eigenvalue weighted by molar-refractivity contribution is 5.47. The van der Waals surface area contributed by atoms with Crippen LogP contribution in [0.5, 0.6) is 11.5 Å². The number of hydrogen-bond donors (Lipinski definition) is 1. The van der Waals surface area contributed by atoms with Crippen molar-refractivity contribution in [3.63, 3.8) is 0 Å². The SMILES string of the molecule is CC1=CCCC(c2c(O)cccc2OC(C)C)C1. The second kappa shape index (κ2) is 5.47. The van der Waals surface area contributed by atoms with Crippen molar-refractivity contribution in [1.82, 2.24) is 0 Å². The highest BCUT2D eigenvalue weighted by atomic mass is 16.5. The van der Waals surface area contributed by atoms with Crippen LogP contribution < -0.4 is 4.74 Å². The van der Waals surface area contributed by atoms with Crippen LogP contribution in [-0.2, 0) is 0 Å². The Balaban J connectivity index is 2.33. The van der Waals surface area contributed by atoms with Gasteiger partial charge in [0, 0.05) is 5.56 Å². The summed E-state index contributed by atoms with van der Waals surface area (Å²) in [7, 11) is 0. The number of phenolic OH excluding ortho intramolecular Hbond substituents is 1. The molecule has 0 bridgehead atoms. The van der Waals surface area contributed by atoms with Crippen LogP contribution in [0, 0.1) is 0 Å². The van der Waals surface area contributed by atoms with Crippen molar-refractivity contribution in [2.75, 3.05) is 0 Å². The second-order valence-electron chi connectivity index (χ2n) is 5.38. The van der Waals surface area contributed by atoms with E-state index in [0.717, 1.165) is 30.6 Å². The van der Waals surface area contributed by atoms with Gasteiger partial charge in [-0.3, -0.25) is 0 Å². The smallest absolute Gasteiger partial charge is 0.126 e. The minimum atomic E-state index is 0.130. The standard InChI is InChI=1S/C16H22O2/c1-11(2)18-15-9-5-8-14(17)16(15)13-7-4-6-12(3)10-13/h5-6,8-9,11,13,17H,4,7,10H2,1-3H3. The molecule has 1 atom stereocenters. The predicted octanol–water partition coefficient (Wildman–Crippen LogP) is 4.39. The Hall–Kier alpha value is -1.44. The summed E-state index contributed by atoms with van der Waals surface area (Å²) in [6.45, 7) is 6.19. The van der Waals surface area contributed by atoms with Crippen LogP contribution in [0.3, 0.4) is 0 Å². The van der Waals surface area contributed by atoms with Gasteiger partial charge in [-0.2, -0.15) is 0 Å². The van der Waals surface area contributed by atoms with E-state index in [-0.39, 0.29) is 6.10 Å². The fraction of sp³-hybridized carbons (Fsp3) is 0.500. The van der Waals surface area contributed by atoms with Crippen LogP contribution in [0.2, 0.25) is 0 Å². The lowest BCUT2D eigenvalue weighted by Crippen LogP contribution is -2.11. The molecular weight excluding hydrogens is 224 g/mol. The molecule has 98 valence electrons. The molecule has 1 aliphatic rings. The first-order valence-electron chi connectivity index (χ1n) is 6.72. The summed E-state index contributed by atoms with van der Waals surface area (Å²) < 4.78 is 5.84. The van der Waals surface area contributed by atoms with Crippen molar-refractivity contribution in [2.45, 2.75) is 52.1 Å². The number of rotatable bonds is 3. The Morgan fingerprint density at radius 2 is 2.11 bits per heavy atom. The summed E-state index contributed by atoms with van der Waals surface area (Å²) in [5.41, 5.74) is 2.39. The highest BCUT2D eigenvalue weighted by Crippen LogP contribution is 2.42. The van der Waals surface area contributed by atoms with Gasteiger partial charge in [0.05, 0.1) is 6.10 Å². The van der Waals surface area contributed by atoms with Gasteiger partial charge in [-0.1, -0.05) is 17.7 Å². The van der Waals surface area contributed by atoms with E-state index in [0.29, 0.717) is 11.7 Å². The van der Waals surface area contributed by atoms with Gasteiger partial charge in [0.25, 0.3) is 0 Å². The highest BCUT2D eigenvalue weighted by Gasteiger charge is 2.22. The monoisotopic (exact) mass is 246 g/mol. The number of benzene rings is 1. The second-order valence-corrected chi connectivity index (χ2v) is 5.38. The van der Waals surface area contributed by atoms with Gasteiger partial charge in [-0.05, 0) is 58.1 Å². The lowest BCUT2D eigenvalue weighted by atomic mass is 9.83. The number of ether oxygens (including phenoxy) is 1. The zero-order valence-corrected chi connectivity index (χ0v) is 11.4. The molecule has 1 unspecified atom stereocenters. The van der Waals surface area contributed by atoms with Crippen molar-refractivity contribution >= 4 is 0 Å². The number of allylic oxidation sites excluding steroid dienone is 2. The van der Waals surface area contributed by atoms with E-state index in [1.54, 1.807) is 6.07 Å². The summed E-state index contributed by atoms with van der Waals surface area (Å²) in [5.74, 6) is 1.59. The molecule has 0 radical (unpaired) electrons. The molecule has 0 aromatic heterocycles. The van der Waals surface area contributed by atoms with E-state index < -0.39 is 0 Å². The Bertz CT molecular complexity index is 446. The normalized spacial score (nSPS) is 19.8. The lowest BCUT2D eigenvalue weighted by Gasteiger charge is -2.25. The summed E-state index contributed by atoms with van der Waals surface area (Å²) in [5, 5.41) is 10.1. The van der Waals surface area contributed by atoms with Crippen LogP contribution >= 0.6 is 0 Å². The van der Waals surface area contributed by atoms with Crippen molar-refractivity contribution in [3.05, 3.63) is 35.4 Å². The molecule has 18 heavy (non-hydrogen) atoms. The first-order valence-corrected chi connectivity index (χ1v) is 6.72. The van der Waals surface area contributed by atoms with Gasteiger partial charge in [0.15, 0.2) is 0 Å². The fourth-order valence-electron chi connectivity index (χ4n) is 2.65. The maximum atomic E-state index is 10.1. The minimum absolute atomic E-state index is 0.130. The summed E-state index contributed by atoms with van der Waals surface area (Å²) in [6, 6.07) is 5.57. The molecule has 2 heteroatoms. The van der Waals surface area contributed by atoms with E-state index in [2.05, 4.69) is 13.0 Å².